The van der Waals surface area contributed by atoms with E-state index in [4.69, 9.17) is 14.5 Å². The highest BCUT2D eigenvalue weighted by Gasteiger charge is 2.31. The summed E-state index contributed by atoms with van der Waals surface area (Å²) in [7, 11) is 1.60. The Labute approximate surface area is 208 Å². The number of rotatable bonds is 6. The maximum atomic E-state index is 11.9. The minimum Gasteiger partial charge on any atom is -0.491 e. The molecule has 5 heterocycles. The number of amides is 1. The van der Waals surface area contributed by atoms with Gasteiger partial charge in [-0.05, 0) is 36.8 Å². The maximum absolute atomic E-state index is 11.9. The molecule has 182 valence electrons. The van der Waals surface area contributed by atoms with E-state index >= 15 is 0 Å². The fourth-order valence-electron chi connectivity index (χ4n) is 4.99. The number of nitrogens with one attached hydrogen (secondary N) is 1. The van der Waals surface area contributed by atoms with E-state index < -0.39 is 0 Å². The van der Waals surface area contributed by atoms with Crippen LogP contribution in [0.25, 0.3) is 28.2 Å². The third-order valence-electron chi connectivity index (χ3n) is 6.78. The van der Waals surface area contributed by atoms with Gasteiger partial charge in [-0.25, -0.2) is 9.50 Å². The number of nitrogens with zero attached hydrogens (tertiary/aromatic N) is 5. The average Bonchev–Trinajstić information content (AvgIpc) is 3.65. The molecule has 3 aromatic heterocycles. The lowest BCUT2D eigenvalue weighted by atomic mass is 10.0. The van der Waals surface area contributed by atoms with Crippen molar-refractivity contribution in [2.75, 3.05) is 26.8 Å². The van der Waals surface area contributed by atoms with Gasteiger partial charge >= 0.3 is 0 Å². The molecule has 2 aliphatic rings. The van der Waals surface area contributed by atoms with Crippen molar-refractivity contribution in [3.05, 3.63) is 73.1 Å². The molecule has 1 unspecified atom stereocenters. The Kier molecular flexibility index (Phi) is 5.61. The first-order valence-corrected chi connectivity index (χ1v) is 11.9. The van der Waals surface area contributed by atoms with Gasteiger partial charge in [0.15, 0.2) is 5.65 Å². The predicted octanol–water partition coefficient (Wildman–Crippen LogP) is 3.28. The molecule has 6 rings (SSSR count). The zero-order valence-corrected chi connectivity index (χ0v) is 19.9. The van der Waals surface area contributed by atoms with Gasteiger partial charge in [0.1, 0.15) is 18.1 Å². The predicted molar refractivity (Wildman–Crippen MR) is 135 cm³/mol. The summed E-state index contributed by atoms with van der Waals surface area (Å²) in [4.78, 5) is 23.0. The summed E-state index contributed by atoms with van der Waals surface area (Å²) in [6.07, 6.45) is 5.84. The minimum atomic E-state index is -0.0176. The molecule has 2 aliphatic heterocycles. The fourth-order valence-corrected chi connectivity index (χ4v) is 4.99. The second-order valence-electron chi connectivity index (χ2n) is 8.95. The lowest BCUT2D eigenvalue weighted by Crippen LogP contribution is -2.37. The van der Waals surface area contributed by atoms with Gasteiger partial charge in [-0.1, -0.05) is 18.7 Å². The molecule has 0 spiro atoms. The van der Waals surface area contributed by atoms with Crippen molar-refractivity contribution in [1.82, 2.24) is 29.8 Å². The van der Waals surface area contributed by atoms with Crippen LogP contribution in [-0.4, -0.2) is 63.2 Å². The van der Waals surface area contributed by atoms with Gasteiger partial charge in [-0.15, -0.1) is 5.10 Å². The van der Waals surface area contributed by atoms with Crippen LogP contribution >= 0.6 is 0 Å². The molecule has 9 heteroatoms. The summed E-state index contributed by atoms with van der Waals surface area (Å²) in [6, 6.07) is 14.1. The Hall–Kier alpha value is -4.24. The number of carbonyl (C=O) groups is 1. The molecule has 0 bridgehead atoms. The van der Waals surface area contributed by atoms with E-state index in [0.29, 0.717) is 24.7 Å². The highest BCUT2D eigenvalue weighted by molar-refractivity contribution is 5.87. The van der Waals surface area contributed by atoms with Crippen LogP contribution < -0.4 is 14.8 Å². The molecule has 9 nitrogen and oxygen atoms in total. The van der Waals surface area contributed by atoms with E-state index in [9.17, 15) is 4.79 Å². The van der Waals surface area contributed by atoms with Crippen LogP contribution in [0.5, 0.6) is 11.6 Å². The van der Waals surface area contributed by atoms with Gasteiger partial charge in [0.25, 0.3) is 0 Å². The fraction of sp³-hybridized carbons (Fsp3) is 0.259. The summed E-state index contributed by atoms with van der Waals surface area (Å²) in [6.45, 7) is 5.56. The number of fused-ring (bicyclic) bond motifs is 2. The van der Waals surface area contributed by atoms with Crippen molar-refractivity contribution in [1.29, 1.82) is 0 Å². The number of aromatic nitrogens is 4. The van der Waals surface area contributed by atoms with Crippen LogP contribution in [0.1, 0.15) is 18.0 Å². The summed E-state index contributed by atoms with van der Waals surface area (Å²) in [5, 5.41) is 8.28. The number of ether oxygens (including phenoxy) is 2. The standard InChI is InChI=1S/C27H26N6O3/c1-3-25(34)32-12-10-19(15-32)29-21-16-36-22-13-17(6-7-20(21)22)26-27(18-5-4-11-28-14-18)33-23(30-26)8-9-24(31-33)35-2/h3-9,11,13-14,19,21,29H,1,10,12,15-16H2,2H3/t19?,21-/m0/s1. The van der Waals surface area contributed by atoms with E-state index in [1.807, 2.05) is 29.2 Å². The molecular formula is C27H26N6O3. The number of methoxy groups -OCH3 is 1. The summed E-state index contributed by atoms with van der Waals surface area (Å²) >= 11 is 0. The molecule has 1 fully saturated rings. The second kappa shape index (κ2) is 9.09. The van der Waals surface area contributed by atoms with Gasteiger partial charge in [-0.3, -0.25) is 9.78 Å². The molecule has 4 aromatic rings. The molecule has 2 atom stereocenters. The van der Waals surface area contributed by atoms with Crippen LogP contribution in [0, 0.1) is 0 Å². The van der Waals surface area contributed by atoms with Crippen LogP contribution in [-0.2, 0) is 4.79 Å². The highest BCUT2D eigenvalue weighted by atomic mass is 16.5. The lowest BCUT2D eigenvalue weighted by molar-refractivity contribution is -0.125. The van der Waals surface area contributed by atoms with E-state index in [1.165, 1.54) is 6.08 Å². The SMILES string of the molecule is C=CC(=O)N1CCC(N[C@H]2COc3cc(-c4nc5ccc(OC)nn5c4-c4cccnc4)ccc32)C1. The zero-order chi connectivity index (χ0) is 24.6. The van der Waals surface area contributed by atoms with E-state index in [2.05, 4.69) is 34.1 Å². The number of likely N-dealkylation sites (tertiary alicyclic amines) is 1. The Balaban J connectivity index is 1.33. The van der Waals surface area contributed by atoms with Gasteiger partial charge < -0.3 is 19.7 Å². The number of hydrogen-bond acceptors (Lipinski definition) is 7. The molecule has 1 saturated heterocycles. The normalized spacial score (nSPS) is 18.8. The number of carbonyl (C=O) groups excluding carboxylic acids is 1. The van der Waals surface area contributed by atoms with Gasteiger partial charge in [0, 0.05) is 54.3 Å². The third kappa shape index (κ3) is 3.87. The molecule has 0 aliphatic carbocycles. The number of imidazole rings is 1. The maximum Gasteiger partial charge on any atom is 0.246 e. The molecule has 1 N–H and O–H groups in total. The first kappa shape index (κ1) is 22.2. The van der Waals surface area contributed by atoms with E-state index in [-0.39, 0.29) is 18.0 Å². The van der Waals surface area contributed by atoms with Crippen LogP contribution in [0.3, 0.4) is 0 Å². The van der Waals surface area contributed by atoms with Crippen molar-refractivity contribution < 1.29 is 14.3 Å². The monoisotopic (exact) mass is 482 g/mol. The largest absolute Gasteiger partial charge is 0.491 e. The topological polar surface area (TPSA) is 93.9 Å². The Morgan fingerprint density at radius 1 is 1.25 bits per heavy atom. The molecule has 1 amide bonds. The third-order valence-corrected chi connectivity index (χ3v) is 6.78. The average molecular weight is 483 g/mol. The second-order valence-corrected chi connectivity index (χ2v) is 8.95. The molecule has 0 saturated carbocycles. The van der Waals surface area contributed by atoms with Crippen molar-refractivity contribution in [2.45, 2.75) is 18.5 Å². The Morgan fingerprint density at radius 2 is 2.17 bits per heavy atom. The number of hydrogen-bond donors (Lipinski definition) is 1. The lowest BCUT2D eigenvalue weighted by Gasteiger charge is -2.19. The highest BCUT2D eigenvalue weighted by Crippen LogP contribution is 2.39. The summed E-state index contributed by atoms with van der Waals surface area (Å²) in [5.74, 6) is 1.32. The van der Waals surface area contributed by atoms with Crippen LogP contribution in [0.4, 0.5) is 0 Å². The van der Waals surface area contributed by atoms with Gasteiger partial charge in [0.05, 0.1) is 18.8 Å². The van der Waals surface area contributed by atoms with Crippen LogP contribution in [0.15, 0.2) is 67.5 Å². The minimum absolute atomic E-state index is 0.0176. The summed E-state index contributed by atoms with van der Waals surface area (Å²) < 4.78 is 13.2. The van der Waals surface area contributed by atoms with Gasteiger partial charge in [-0.2, -0.15) is 0 Å². The Bertz CT molecular complexity index is 1450. The first-order valence-electron chi connectivity index (χ1n) is 11.9. The summed E-state index contributed by atoms with van der Waals surface area (Å²) in [5.41, 5.74) is 5.29. The number of benzene rings is 1. The van der Waals surface area contributed by atoms with Crippen molar-refractivity contribution in [3.8, 4) is 34.1 Å². The van der Waals surface area contributed by atoms with Crippen molar-refractivity contribution >= 4 is 11.6 Å². The van der Waals surface area contributed by atoms with Crippen molar-refractivity contribution in [2.24, 2.45) is 0 Å². The first-order chi connectivity index (χ1) is 17.6. The van der Waals surface area contributed by atoms with Gasteiger partial charge in [0.2, 0.25) is 11.8 Å². The Morgan fingerprint density at radius 3 is 2.97 bits per heavy atom. The van der Waals surface area contributed by atoms with Crippen LogP contribution in [0.2, 0.25) is 0 Å². The van der Waals surface area contributed by atoms with E-state index in [0.717, 1.165) is 46.8 Å². The van der Waals surface area contributed by atoms with Crippen molar-refractivity contribution in [3.63, 3.8) is 0 Å². The molecule has 36 heavy (non-hydrogen) atoms. The molecule has 0 radical (unpaired) electrons. The molecular weight excluding hydrogens is 456 g/mol. The zero-order valence-electron chi connectivity index (χ0n) is 19.9. The van der Waals surface area contributed by atoms with E-state index in [1.54, 1.807) is 30.1 Å². The number of pyridine rings is 1. The quantitative estimate of drug-likeness (QED) is 0.422. The molecule has 1 aromatic carbocycles. The smallest absolute Gasteiger partial charge is 0.246 e.